The minimum Gasteiger partial charge on any atom is -0.348 e. The Labute approximate surface area is 108 Å². The van der Waals surface area contributed by atoms with Crippen molar-refractivity contribution in [2.24, 2.45) is 11.7 Å². The molecule has 1 saturated heterocycles. The lowest BCUT2D eigenvalue weighted by atomic mass is 10.1. The van der Waals surface area contributed by atoms with Crippen molar-refractivity contribution >= 4 is 16.5 Å². The number of hydrogen-bond acceptors (Lipinski definition) is 4. The van der Waals surface area contributed by atoms with E-state index in [9.17, 15) is 0 Å². The molecule has 2 N–H and O–H groups in total. The first-order chi connectivity index (χ1) is 8.28. The normalized spacial score (nSPS) is 20.2. The summed E-state index contributed by atoms with van der Waals surface area (Å²) in [5.74, 6) is 0.856. The Balaban J connectivity index is 2.11. The summed E-state index contributed by atoms with van der Waals surface area (Å²) in [7, 11) is 0. The third-order valence-electron chi connectivity index (χ3n) is 3.57. The first-order valence-corrected chi connectivity index (χ1v) is 7.53. The van der Waals surface area contributed by atoms with E-state index in [1.54, 1.807) is 11.3 Å². The van der Waals surface area contributed by atoms with Gasteiger partial charge >= 0.3 is 0 Å². The fourth-order valence-electron chi connectivity index (χ4n) is 2.44. The van der Waals surface area contributed by atoms with E-state index in [0.29, 0.717) is 6.54 Å². The molecule has 17 heavy (non-hydrogen) atoms. The van der Waals surface area contributed by atoms with Gasteiger partial charge in [-0.3, -0.25) is 0 Å². The zero-order valence-corrected chi connectivity index (χ0v) is 11.7. The molecule has 1 aliphatic heterocycles. The maximum absolute atomic E-state index is 5.80. The number of nitrogens with two attached hydrogens (primary N) is 1. The molecule has 0 spiro atoms. The second-order valence-electron chi connectivity index (χ2n) is 4.83. The maximum Gasteiger partial charge on any atom is 0.185 e. The van der Waals surface area contributed by atoms with Crippen LogP contribution in [0, 0.1) is 5.92 Å². The minimum atomic E-state index is 0.637. The number of anilines is 1. The van der Waals surface area contributed by atoms with Crippen molar-refractivity contribution in [1.29, 1.82) is 0 Å². The smallest absolute Gasteiger partial charge is 0.185 e. The van der Waals surface area contributed by atoms with Crippen LogP contribution in [-0.2, 0) is 13.0 Å². The van der Waals surface area contributed by atoms with E-state index in [1.807, 2.05) is 0 Å². The van der Waals surface area contributed by atoms with Crippen LogP contribution >= 0.6 is 11.3 Å². The van der Waals surface area contributed by atoms with Crippen molar-refractivity contribution in [3.8, 4) is 0 Å². The number of aryl methyl sites for hydroxylation is 1. The molecule has 1 aromatic rings. The topological polar surface area (TPSA) is 42.2 Å². The molecule has 0 amide bonds. The summed E-state index contributed by atoms with van der Waals surface area (Å²) in [6.07, 6.45) is 4.81. The molecule has 0 aromatic carbocycles. The van der Waals surface area contributed by atoms with Gasteiger partial charge in [0.15, 0.2) is 5.13 Å². The monoisotopic (exact) mass is 253 g/mol. The highest BCUT2D eigenvalue weighted by Crippen LogP contribution is 2.31. The average Bonchev–Trinajstić information content (AvgIpc) is 2.94. The summed E-state index contributed by atoms with van der Waals surface area (Å²) < 4.78 is 0. The van der Waals surface area contributed by atoms with Crippen molar-refractivity contribution < 1.29 is 0 Å². The number of thiazole rings is 1. The van der Waals surface area contributed by atoms with Crippen molar-refractivity contribution in [2.45, 2.75) is 46.1 Å². The van der Waals surface area contributed by atoms with Crippen LogP contribution in [0.5, 0.6) is 0 Å². The van der Waals surface area contributed by atoms with E-state index in [0.717, 1.165) is 18.8 Å². The first kappa shape index (κ1) is 12.8. The van der Waals surface area contributed by atoms with Crippen molar-refractivity contribution in [2.75, 3.05) is 18.0 Å². The molecule has 3 nitrogen and oxygen atoms in total. The van der Waals surface area contributed by atoms with E-state index in [-0.39, 0.29) is 0 Å². The maximum atomic E-state index is 5.80. The summed E-state index contributed by atoms with van der Waals surface area (Å²) in [5.41, 5.74) is 7.03. The molecule has 4 heteroatoms. The molecule has 0 radical (unpaired) electrons. The standard InChI is InChI=1S/C13H23N3S/c1-3-5-11-12(8-14)17-13(15-11)16-7-6-10(4-2)9-16/h10H,3-9,14H2,1-2H3. The minimum absolute atomic E-state index is 0.637. The number of nitrogens with zero attached hydrogens (tertiary/aromatic N) is 2. The van der Waals surface area contributed by atoms with Crippen LogP contribution in [0.15, 0.2) is 0 Å². The van der Waals surface area contributed by atoms with Crippen molar-refractivity contribution in [3.05, 3.63) is 10.6 Å². The van der Waals surface area contributed by atoms with Crippen LogP contribution in [0.25, 0.3) is 0 Å². The van der Waals surface area contributed by atoms with E-state index in [1.165, 1.54) is 41.6 Å². The molecule has 1 aliphatic rings. The van der Waals surface area contributed by atoms with Crippen molar-refractivity contribution in [1.82, 2.24) is 4.98 Å². The van der Waals surface area contributed by atoms with Crippen LogP contribution in [0.4, 0.5) is 5.13 Å². The highest BCUT2D eigenvalue weighted by atomic mass is 32.1. The molecule has 1 unspecified atom stereocenters. The Bertz CT molecular complexity index is 362. The van der Waals surface area contributed by atoms with Gasteiger partial charge in [-0.05, 0) is 18.8 Å². The molecule has 1 atom stereocenters. The Kier molecular flexibility index (Phi) is 4.40. The molecule has 0 aliphatic carbocycles. The quantitative estimate of drug-likeness (QED) is 0.877. The zero-order chi connectivity index (χ0) is 12.3. The predicted molar refractivity (Wildman–Crippen MR) is 74.6 cm³/mol. The van der Waals surface area contributed by atoms with Gasteiger partial charge in [0.05, 0.1) is 5.69 Å². The molecular formula is C13H23N3S. The van der Waals surface area contributed by atoms with Crippen LogP contribution in [0.3, 0.4) is 0 Å². The third-order valence-corrected chi connectivity index (χ3v) is 4.75. The first-order valence-electron chi connectivity index (χ1n) is 6.72. The fourth-order valence-corrected chi connectivity index (χ4v) is 3.46. The number of rotatable bonds is 5. The Morgan fingerprint density at radius 1 is 1.47 bits per heavy atom. The summed E-state index contributed by atoms with van der Waals surface area (Å²) in [6, 6.07) is 0. The lowest BCUT2D eigenvalue weighted by Gasteiger charge is -2.14. The number of aromatic nitrogens is 1. The summed E-state index contributed by atoms with van der Waals surface area (Å²) in [6.45, 7) is 7.46. The van der Waals surface area contributed by atoms with Gasteiger partial charge in [-0.2, -0.15) is 0 Å². The van der Waals surface area contributed by atoms with Crippen LogP contribution in [0.2, 0.25) is 0 Å². The number of hydrogen-bond donors (Lipinski definition) is 1. The molecule has 0 saturated carbocycles. The molecule has 2 rings (SSSR count). The lowest BCUT2D eigenvalue weighted by molar-refractivity contribution is 0.569. The fraction of sp³-hybridized carbons (Fsp3) is 0.769. The van der Waals surface area contributed by atoms with Gasteiger partial charge in [-0.25, -0.2) is 4.98 Å². The second kappa shape index (κ2) is 5.83. The van der Waals surface area contributed by atoms with Crippen LogP contribution in [-0.4, -0.2) is 18.1 Å². The van der Waals surface area contributed by atoms with Crippen LogP contribution in [0.1, 0.15) is 43.7 Å². The molecule has 96 valence electrons. The second-order valence-corrected chi connectivity index (χ2v) is 5.89. The van der Waals surface area contributed by atoms with E-state index in [2.05, 4.69) is 18.7 Å². The van der Waals surface area contributed by atoms with E-state index < -0.39 is 0 Å². The lowest BCUT2D eigenvalue weighted by Crippen LogP contribution is -2.19. The third kappa shape index (κ3) is 2.80. The zero-order valence-electron chi connectivity index (χ0n) is 10.9. The van der Waals surface area contributed by atoms with Crippen LogP contribution < -0.4 is 10.6 Å². The van der Waals surface area contributed by atoms with Gasteiger partial charge in [0.1, 0.15) is 0 Å². The van der Waals surface area contributed by atoms with E-state index >= 15 is 0 Å². The largest absolute Gasteiger partial charge is 0.348 e. The Morgan fingerprint density at radius 3 is 2.88 bits per heavy atom. The predicted octanol–water partition coefficient (Wildman–Crippen LogP) is 2.79. The summed E-state index contributed by atoms with van der Waals surface area (Å²) >= 11 is 1.80. The molecule has 1 aromatic heterocycles. The van der Waals surface area contributed by atoms with Gasteiger partial charge in [0.25, 0.3) is 0 Å². The van der Waals surface area contributed by atoms with Gasteiger partial charge in [-0.15, -0.1) is 11.3 Å². The molecule has 0 bridgehead atoms. The summed E-state index contributed by atoms with van der Waals surface area (Å²) in [4.78, 5) is 8.51. The Hall–Kier alpha value is -0.610. The van der Waals surface area contributed by atoms with Gasteiger partial charge < -0.3 is 10.6 Å². The average molecular weight is 253 g/mol. The molecule has 1 fully saturated rings. The molecule has 2 heterocycles. The SMILES string of the molecule is CCCc1nc(N2CCC(CC)C2)sc1CN. The van der Waals surface area contributed by atoms with Gasteiger partial charge in [-0.1, -0.05) is 26.7 Å². The van der Waals surface area contributed by atoms with Gasteiger partial charge in [0, 0.05) is 24.5 Å². The highest BCUT2D eigenvalue weighted by Gasteiger charge is 2.24. The Morgan fingerprint density at radius 2 is 2.29 bits per heavy atom. The summed E-state index contributed by atoms with van der Waals surface area (Å²) in [5, 5.41) is 1.20. The van der Waals surface area contributed by atoms with E-state index in [4.69, 9.17) is 10.7 Å². The molecular weight excluding hydrogens is 230 g/mol. The van der Waals surface area contributed by atoms with Crippen molar-refractivity contribution in [3.63, 3.8) is 0 Å². The highest BCUT2D eigenvalue weighted by molar-refractivity contribution is 7.15. The van der Waals surface area contributed by atoms with Gasteiger partial charge in [0.2, 0.25) is 0 Å².